The SMILES string of the molecule is Cc1ccc(Cc2c(C)nc(SCc3ccc(C#N)cc3)n(C)c2=O)cc1. The van der Waals surface area contributed by atoms with Crippen LogP contribution in [0.3, 0.4) is 0 Å². The second kappa shape index (κ2) is 8.24. The normalized spacial score (nSPS) is 10.6. The largest absolute Gasteiger partial charge is 0.291 e. The third-order valence-electron chi connectivity index (χ3n) is 4.50. The van der Waals surface area contributed by atoms with Crippen LogP contribution < -0.4 is 5.56 Å². The second-order valence-electron chi connectivity index (χ2n) is 6.58. The Morgan fingerprint density at radius 3 is 2.30 bits per heavy atom. The Morgan fingerprint density at radius 2 is 1.67 bits per heavy atom. The van der Waals surface area contributed by atoms with Crippen LogP contribution in [0.4, 0.5) is 0 Å². The number of thioether (sulfide) groups is 1. The lowest BCUT2D eigenvalue weighted by Crippen LogP contribution is -2.25. The number of benzene rings is 2. The zero-order valence-corrected chi connectivity index (χ0v) is 16.5. The first kappa shape index (κ1) is 18.9. The summed E-state index contributed by atoms with van der Waals surface area (Å²) >= 11 is 1.53. The van der Waals surface area contributed by atoms with E-state index in [9.17, 15) is 4.79 Å². The maximum absolute atomic E-state index is 12.9. The van der Waals surface area contributed by atoms with Gasteiger partial charge in [0.2, 0.25) is 0 Å². The molecule has 0 atom stereocenters. The summed E-state index contributed by atoms with van der Waals surface area (Å²) in [6.45, 7) is 3.95. The summed E-state index contributed by atoms with van der Waals surface area (Å²) in [5, 5.41) is 9.58. The number of hydrogen-bond donors (Lipinski definition) is 0. The summed E-state index contributed by atoms with van der Waals surface area (Å²) in [4.78, 5) is 17.5. The van der Waals surface area contributed by atoms with E-state index in [0.29, 0.717) is 22.9 Å². The molecule has 3 rings (SSSR count). The van der Waals surface area contributed by atoms with Crippen molar-refractivity contribution in [3.63, 3.8) is 0 Å². The van der Waals surface area contributed by atoms with E-state index in [1.165, 1.54) is 17.3 Å². The molecule has 0 unspecified atom stereocenters. The van der Waals surface area contributed by atoms with Crippen molar-refractivity contribution in [1.82, 2.24) is 9.55 Å². The van der Waals surface area contributed by atoms with E-state index in [0.717, 1.165) is 22.4 Å². The quantitative estimate of drug-likeness (QED) is 0.496. The van der Waals surface area contributed by atoms with Gasteiger partial charge in [0.1, 0.15) is 0 Å². The molecule has 4 nitrogen and oxygen atoms in total. The third kappa shape index (κ3) is 4.47. The van der Waals surface area contributed by atoms with Crippen molar-refractivity contribution in [3.05, 3.63) is 92.4 Å². The summed E-state index contributed by atoms with van der Waals surface area (Å²) in [5.74, 6) is 0.697. The molecule has 0 aliphatic rings. The minimum atomic E-state index is 0.00500. The lowest BCUT2D eigenvalue weighted by molar-refractivity contribution is 0.683. The summed E-state index contributed by atoms with van der Waals surface area (Å²) in [6, 6.07) is 17.8. The van der Waals surface area contributed by atoms with Crippen LogP contribution in [0.2, 0.25) is 0 Å². The van der Waals surface area contributed by atoms with Crippen LogP contribution in [0.15, 0.2) is 58.5 Å². The van der Waals surface area contributed by atoms with E-state index in [1.54, 1.807) is 23.7 Å². The average Bonchev–Trinajstić information content (AvgIpc) is 2.69. The zero-order valence-electron chi connectivity index (χ0n) is 15.7. The molecule has 0 saturated heterocycles. The molecule has 5 heteroatoms. The molecule has 0 radical (unpaired) electrons. The Bertz CT molecular complexity index is 1050. The second-order valence-corrected chi connectivity index (χ2v) is 7.52. The monoisotopic (exact) mass is 375 g/mol. The lowest BCUT2D eigenvalue weighted by Gasteiger charge is -2.12. The standard InChI is InChI=1S/C22H21N3OS/c1-15-4-6-17(7-5-15)12-20-16(2)24-22(25(3)21(20)26)27-14-19-10-8-18(13-23)9-11-19/h4-11H,12,14H2,1-3H3. The first-order chi connectivity index (χ1) is 13.0. The number of hydrogen-bond acceptors (Lipinski definition) is 4. The molecule has 2 aromatic carbocycles. The molecule has 0 aliphatic carbocycles. The molecular formula is C22H21N3OS. The van der Waals surface area contributed by atoms with Gasteiger partial charge in [-0.1, -0.05) is 53.7 Å². The minimum absolute atomic E-state index is 0.00500. The molecule has 136 valence electrons. The topological polar surface area (TPSA) is 58.7 Å². The van der Waals surface area contributed by atoms with Crippen molar-refractivity contribution < 1.29 is 0 Å². The van der Waals surface area contributed by atoms with Crippen molar-refractivity contribution in [2.75, 3.05) is 0 Å². The molecule has 0 bridgehead atoms. The predicted octanol–water partition coefficient (Wildman–Crippen LogP) is 4.15. The Hall–Kier alpha value is -2.84. The molecule has 3 aromatic rings. The number of aryl methyl sites for hydroxylation is 2. The highest BCUT2D eigenvalue weighted by molar-refractivity contribution is 7.98. The van der Waals surface area contributed by atoms with E-state index < -0.39 is 0 Å². The molecule has 0 fully saturated rings. The van der Waals surface area contributed by atoms with Gasteiger partial charge in [-0.05, 0) is 37.1 Å². The van der Waals surface area contributed by atoms with E-state index in [-0.39, 0.29) is 5.56 Å². The van der Waals surface area contributed by atoms with E-state index in [2.05, 4.69) is 42.2 Å². The highest BCUT2D eigenvalue weighted by atomic mass is 32.2. The van der Waals surface area contributed by atoms with Gasteiger partial charge in [-0.3, -0.25) is 9.36 Å². The van der Waals surface area contributed by atoms with Crippen molar-refractivity contribution in [2.45, 2.75) is 31.2 Å². The van der Waals surface area contributed by atoms with Gasteiger partial charge in [0, 0.05) is 30.5 Å². The molecule has 0 saturated carbocycles. The van der Waals surface area contributed by atoms with Crippen molar-refractivity contribution >= 4 is 11.8 Å². The fourth-order valence-corrected chi connectivity index (χ4v) is 3.76. The van der Waals surface area contributed by atoms with Crippen LogP contribution in [0.1, 0.15) is 33.5 Å². The summed E-state index contributed by atoms with van der Waals surface area (Å²) in [7, 11) is 1.77. The molecular weight excluding hydrogens is 354 g/mol. The van der Waals surface area contributed by atoms with Crippen LogP contribution in [-0.2, 0) is 19.2 Å². The lowest BCUT2D eigenvalue weighted by atomic mass is 10.0. The van der Waals surface area contributed by atoms with Gasteiger partial charge in [0.25, 0.3) is 5.56 Å². The Kier molecular flexibility index (Phi) is 5.78. The first-order valence-corrected chi connectivity index (χ1v) is 9.70. The van der Waals surface area contributed by atoms with Gasteiger partial charge in [-0.25, -0.2) is 4.98 Å². The fourth-order valence-electron chi connectivity index (χ4n) is 2.80. The molecule has 1 heterocycles. The van der Waals surface area contributed by atoms with Crippen LogP contribution >= 0.6 is 11.8 Å². The minimum Gasteiger partial charge on any atom is -0.291 e. The van der Waals surface area contributed by atoms with Gasteiger partial charge in [0.15, 0.2) is 5.16 Å². The smallest absolute Gasteiger partial charge is 0.257 e. The van der Waals surface area contributed by atoms with E-state index in [4.69, 9.17) is 5.26 Å². The maximum atomic E-state index is 12.9. The van der Waals surface area contributed by atoms with Crippen molar-refractivity contribution in [2.24, 2.45) is 7.05 Å². The zero-order chi connectivity index (χ0) is 19.4. The number of aromatic nitrogens is 2. The third-order valence-corrected chi connectivity index (χ3v) is 5.60. The summed E-state index contributed by atoms with van der Waals surface area (Å²) in [5.41, 5.74) is 5.58. The van der Waals surface area contributed by atoms with E-state index >= 15 is 0 Å². The maximum Gasteiger partial charge on any atom is 0.257 e. The molecule has 0 amide bonds. The van der Waals surface area contributed by atoms with Gasteiger partial charge >= 0.3 is 0 Å². The van der Waals surface area contributed by atoms with Crippen LogP contribution in [0.5, 0.6) is 0 Å². The van der Waals surface area contributed by atoms with Gasteiger partial charge in [-0.15, -0.1) is 0 Å². The summed E-state index contributed by atoms with van der Waals surface area (Å²) in [6.07, 6.45) is 0.590. The van der Waals surface area contributed by atoms with E-state index in [1.807, 2.05) is 19.1 Å². The van der Waals surface area contributed by atoms with Gasteiger partial charge in [-0.2, -0.15) is 5.26 Å². The number of rotatable bonds is 5. The fraction of sp³-hybridized carbons (Fsp3) is 0.227. The summed E-state index contributed by atoms with van der Waals surface area (Å²) < 4.78 is 1.63. The Labute approximate surface area is 163 Å². The first-order valence-electron chi connectivity index (χ1n) is 8.72. The molecule has 1 aromatic heterocycles. The highest BCUT2D eigenvalue weighted by Gasteiger charge is 2.13. The molecule has 0 N–H and O–H groups in total. The van der Waals surface area contributed by atoms with Crippen molar-refractivity contribution in [3.8, 4) is 6.07 Å². The molecule has 0 aliphatic heterocycles. The Morgan fingerprint density at radius 1 is 1.04 bits per heavy atom. The average molecular weight is 375 g/mol. The van der Waals surface area contributed by atoms with Crippen molar-refractivity contribution in [1.29, 1.82) is 5.26 Å². The van der Waals surface area contributed by atoms with Crippen LogP contribution in [0, 0.1) is 25.2 Å². The number of nitrogens with zero attached hydrogens (tertiary/aromatic N) is 3. The molecule has 27 heavy (non-hydrogen) atoms. The Balaban J connectivity index is 1.80. The number of nitriles is 1. The van der Waals surface area contributed by atoms with Crippen LogP contribution in [0.25, 0.3) is 0 Å². The van der Waals surface area contributed by atoms with Crippen LogP contribution in [-0.4, -0.2) is 9.55 Å². The highest BCUT2D eigenvalue weighted by Crippen LogP contribution is 2.21. The predicted molar refractivity (Wildman–Crippen MR) is 109 cm³/mol. The van der Waals surface area contributed by atoms with Gasteiger partial charge < -0.3 is 0 Å². The molecule has 0 spiro atoms. The van der Waals surface area contributed by atoms with Gasteiger partial charge in [0.05, 0.1) is 11.6 Å².